The van der Waals surface area contributed by atoms with Gasteiger partial charge in [0.2, 0.25) is 0 Å². The van der Waals surface area contributed by atoms with Crippen LogP contribution in [0.25, 0.3) is 0 Å². The average Bonchev–Trinajstić information content (AvgIpc) is 2.25. The minimum Gasteiger partial charge on any atom is -0.496 e. The first-order valence-electron chi connectivity index (χ1n) is 6.59. The predicted octanol–water partition coefficient (Wildman–Crippen LogP) is 4.00. The molecule has 0 aliphatic heterocycles. The summed E-state index contributed by atoms with van der Waals surface area (Å²) in [5.74, 6) is 0.137. The van der Waals surface area contributed by atoms with Gasteiger partial charge in [0.25, 0.3) is 0 Å². The second kappa shape index (κ2) is 6.09. The number of carboxylic acid groups (broad SMARTS) is 1. The van der Waals surface area contributed by atoms with Crippen LogP contribution in [0.4, 0.5) is 0 Å². The molecule has 0 aromatic heterocycles. The van der Waals surface area contributed by atoms with Crippen LogP contribution in [0.15, 0.2) is 18.2 Å². The van der Waals surface area contributed by atoms with Crippen LogP contribution in [-0.2, 0) is 4.79 Å². The van der Waals surface area contributed by atoms with Gasteiger partial charge in [-0.2, -0.15) is 0 Å². The van der Waals surface area contributed by atoms with Crippen molar-refractivity contribution >= 4 is 5.97 Å². The summed E-state index contributed by atoms with van der Waals surface area (Å²) >= 11 is 0. The Morgan fingerprint density at radius 3 is 2.42 bits per heavy atom. The first-order valence-corrected chi connectivity index (χ1v) is 6.59. The number of aliphatic carboxylic acids is 1. The SMILES string of the molecule is COc1ccc(C(CC(=O)O)CC(C)(C)C)cc1C. The van der Waals surface area contributed by atoms with Crippen molar-refractivity contribution in [3.63, 3.8) is 0 Å². The fraction of sp³-hybridized carbons (Fsp3) is 0.562. The van der Waals surface area contributed by atoms with E-state index in [1.54, 1.807) is 7.11 Å². The van der Waals surface area contributed by atoms with Crippen LogP contribution in [0.2, 0.25) is 0 Å². The zero-order valence-corrected chi connectivity index (χ0v) is 12.5. The minimum atomic E-state index is -0.747. The number of carbonyl (C=O) groups is 1. The Hall–Kier alpha value is -1.51. The molecule has 0 radical (unpaired) electrons. The van der Waals surface area contributed by atoms with Crippen molar-refractivity contribution in [3.05, 3.63) is 29.3 Å². The minimum absolute atomic E-state index is 0.0436. The number of methoxy groups -OCH3 is 1. The van der Waals surface area contributed by atoms with E-state index in [0.717, 1.165) is 23.3 Å². The molecule has 0 heterocycles. The first-order chi connectivity index (χ1) is 8.73. The molecule has 0 fully saturated rings. The molecule has 3 nitrogen and oxygen atoms in total. The van der Waals surface area contributed by atoms with Crippen molar-refractivity contribution in [2.24, 2.45) is 5.41 Å². The van der Waals surface area contributed by atoms with Gasteiger partial charge in [0.15, 0.2) is 0 Å². The van der Waals surface area contributed by atoms with Gasteiger partial charge in [-0.25, -0.2) is 0 Å². The molecular formula is C16H24O3. The molecule has 106 valence electrons. The number of ether oxygens (including phenoxy) is 1. The Bertz CT molecular complexity index is 444. The van der Waals surface area contributed by atoms with E-state index in [0.29, 0.717) is 0 Å². The fourth-order valence-corrected chi connectivity index (χ4v) is 2.41. The van der Waals surface area contributed by atoms with Crippen LogP contribution in [0, 0.1) is 12.3 Å². The van der Waals surface area contributed by atoms with Crippen LogP contribution in [0.5, 0.6) is 5.75 Å². The summed E-state index contributed by atoms with van der Waals surface area (Å²) in [7, 11) is 1.64. The lowest BCUT2D eigenvalue weighted by atomic mass is 9.79. The van der Waals surface area contributed by atoms with E-state index < -0.39 is 5.97 Å². The highest BCUT2D eigenvalue weighted by atomic mass is 16.5. The average molecular weight is 264 g/mol. The quantitative estimate of drug-likeness (QED) is 0.874. The van der Waals surface area contributed by atoms with Gasteiger partial charge >= 0.3 is 5.97 Å². The lowest BCUT2D eigenvalue weighted by molar-refractivity contribution is -0.137. The Morgan fingerprint density at radius 1 is 1.37 bits per heavy atom. The summed E-state index contributed by atoms with van der Waals surface area (Å²) < 4.78 is 5.25. The number of rotatable bonds is 5. The molecule has 0 aliphatic carbocycles. The maximum Gasteiger partial charge on any atom is 0.303 e. The van der Waals surface area contributed by atoms with Crippen LogP contribution >= 0.6 is 0 Å². The lowest BCUT2D eigenvalue weighted by Gasteiger charge is -2.25. The Labute approximate surface area is 115 Å². The normalized spacial score (nSPS) is 13.1. The van der Waals surface area contributed by atoms with Crippen molar-refractivity contribution in [3.8, 4) is 5.75 Å². The summed E-state index contributed by atoms with van der Waals surface area (Å²) in [4.78, 5) is 11.1. The van der Waals surface area contributed by atoms with Crippen LogP contribution < -0.4 is 4.74 Å². The van der Waals surface area contributed by atoms with E-state index in [-0.39, 0.29) is 17.8 Å². The van der Waals surface area contributed by atoms with Gasteiger partial charge in [0.05, 0.1) is 13.5 Å². The van der Waals surface area contributed by atoms with Gasteiger partial charge in [-0.3, -0.25) is 4.79 Å². The van der Waals surface area contributed by atoms with E-state index in [9.17, 15) is 4.79 Å². The van der Waals surface area contributed by atoms with Crippen molar-refractivity contribution in [2.45, 2.75) is 46.5 Å². The Morgan fingerprint density at radius 2 is 2.00 bits per heavy atom. The summed E-state index contributed by atoms with van der Waals surface area (Å²) in [6.07, 6.45) is 1.02. The van der Waals surface area contributed by atoms with E-state index in [4.69, 9.17) is 9.84 Å². The van der Waals surface area contributed by atoms with Gasteiger partial charge in [-0.1, -0.05) is 32.9 Å². The summed E-state index contributed by atoms with van der Waals surface area (Å²) in [5.41, 5.74) is 2.23. The predicted molar refractivity (Wildman–Crippen MR) is 76.8 cm³/mol. The molecule has 1 aromatic rings. The largest absolute Gasteiger partial charge is 0.496 e. The number of aryl methyl sites for hydroxylation is 1. The molecule has 1 atom stereocenters. The van der Waals surface area contributed by atoms with E-state index >= 15 is 0 Å². The highest BCUT2D eigenvalue weighted by molar-refractivity contribution is 5.68. The third-order valence-corrected chi connectivity index (χ3v) is 3.17. The van der Waals surface area contributed by atoms with Crippen molar-refractivity contribution in [2.75, 3.05) is 7.11 Å². The molecule has 0 bridgehead atoms. The molecule has 0 saturated heterocycles. The standard InChI is InChI=1S/C16H24O3/c1-11-8-12(6-7-14(11)19-5)13(9-15(17)18)10-16(2,3)4/h6-8,13H,9-10H2,1-5H3,(H,17,18). The van der Waals surface area contributed by atoms with E-state index in [1.165, 1.54) is 0 Å². The van der Waals surface area contributed by atoms with E-state index in [1.807, 2.05) is 25.1 Å². The summed E-state index contributed by atoms with van der Waals surface area (Å²) in [5, 5.41) is 9.09. The third kappa shape index (κ3) is 4.93. The Kier molecular flexibility index (Phi) is 4.98. The van der Waals surface area contributed by atoms with Crippen LogP contribution in [-0.4, -0.2) is 18.2 Å². The molecule has 0 spiro atoms. The van der Waals surface area contributed by atoms with Gasteiger partial charge in [-0.15, -0.1) is 0 Å². The van der Waals surface area contributed by atoms with Crippen molar-refractivity contribution < 1.29 is 14.6 Å². The maximum atomic E-state index is 11.1. The number of benzene rings is 1. The number of carboxylic acids is 1. The van der Waals surface area contributed by atoms with Crippen molar-refractivity contribution in [1.82, 2.24) is 0 Å². The Balaban J connectivity index is 3.03. The lowest BCUT2D eigenvalue weighted by Crippen LogP contribution is -2.15. The molecule has 1 N–H and O–H groups in total. The molecule has 0 saturated carbocycles. The number of hydrogen-bond donors (Lipinski definition) is 1. The van der Waals surface area contributed by atoms with Gasteiger partial charge in [0, 0.05) is 0 Å². The van der Waals surface area contributed by atoms with E-state index in [2.05, 4.69) is 20.8 Å². The first kappa shape index (κ1) is 15.5. The smallest absolute Gasteiger partial charge is 0.303 e. The summed E-state index contributed by atoms with van der Waals surface area (Å²) in [6.45, 7) is 8.39. The molecular weight excluding hydrogens is 240 g/mol. The molecule has 1 aromatic carbocycles. The highest BCUT2D eigenvalue weighted by Crippen LogP contribution is 2.35. The molecule has 0 amide bonds. The van der Waals surface area contributed by atoms with Gasteiger partial charge in [-0.05, 0) is 41.9 Å². The third-order valence-electron chi connectivity index (χ3n) is 3.17. The topological polar surface area (TPSA) is 46.5 Å². The highest BCUT2D eigenvalue weighted by Gasteiger charge is 2.23. The van der Waals surface area contributed by atoms with Gasteiger partial charge in [0.1, 0.15) is 5.75 Å². The zero-order chi connectivity index (χ0) is 14.6. The number of hydrogen-bond acceptors (Lipinski definition) is 2. The maximum absolute atomic E-state index is 11.1. The van der Waals surface area contributed by atoms with Gasteiger partial charge < -0.3 is 9.84 Å². The summed E-state index contributed by atoms with van der Waals surface area (Å²) in [6, 6.07) is 5.94. The van der Waals surface area contributed by atoms with Crippen molar-refractivity contribution in [1.29, 1.82) is 0 Å². The molecule has 1 rings (SSSR count). The fourth-order valence-electron chi connectivity index (χ4n) is 2.41. The zero-order valence-electron chi connectivity index (χ0n) is 12.5. The second-order valence-corrected chi connectivity index (χ2v) is 6.29. The van der Waals surface area contributed by atoms with Crippen LogP contribution in [0.3, 0.4) is 0 Å². The molecule has 1 unspecified atom stereocenters. The second-order valence-electron chi connectivity index (χ2n) is 6.29. The monoisotopic (exact) mass is 264 g/mol. The molecule has 0 aliphatic rings. The molecule has 19 heavy (non-hydrogen) atoms. The van der Waals surface area contributed by atoms with Crippen LogP contribution in [0.1, 0.15) is 50.7 Å². The molecule has 3 heteroatoms.